The van der Waals surface area contributed by atoms with Crippen molar-refractivity contribution in [1.82, 2.24) is 20.1 Å². The molecule has 3 rings (SSSR count). The van der Waals surface area contributed by atoms with Crippen molar-refractivity contribution in [3.8, 4) is 0 Å². The van der Waals surface area contributed by atoms with Crippen molar-refractivity contribution in [2.45, 2.75) is 52.2 Å². The van der Waals surface area contributed by atoms with Crippen molar-refractivity contribution in [3.05, 3.63) is 35.9 Å². The summed E-state index contributed by atoms with van der Waals surface area (Å²) in [5.41, 5.74) is 11.2. The molecule has 1 saturated heterocycles. The lowest BCUT2D eigenvalue weighted by Gasteiger charge is -2.33. The molecular formula is C20H30N6O2. The van der Waals surface area contributed by atoms with E-state index in [-0.39, 0.29) is 18.1 Å². The maximum Gasteiger partial charge on any atom is 0.410 e. The Balaban J connectivity index is 1.61. The van der Waals surface area contributed by atoms with Gasteiger partial charge in [0, 0.05) is 54.5 Å². The van der Waals surface area contributed by atoms with Crippen LogP contribution in [0.2, 0.25) is 0 Å². The van der Waals surface area contributed by atoms with Crippen molar-refractivity contribution < 1.29 is 9.53 Å². The molecule has 1 unspecified atom stereocenters. The predicted octanol–water partition coefficient (Wildman–Crippen LogP) is 2.86. The van der Waals surface area contributed by atoms with Crippen molar-refractivity contribution in [2.75, 3.05) is 13.1 Å². The minimum atomic E-state index is -0.471. The smallest absolute Gasteiger partial charge is 0.410 e. The summed E-state index contributed by atoms with van der Waals surface area (Å²) in [6.45, 7) is 9.05. The average Bonchev–Trinajstić information content (AvgIpc) is 3.28. The van der Waals surface area contributed by atoms with E-state index < -0.39 is 5.60 Å². The molecule has 8 heteroatoms. The largest absolute Gasteiger partial charge is 0.444 e. The van der Waals surface area contributed by atoms with Crippen LogP contribution in [0.15, 0.2) is 35.5 Å². The lowest BCUT2D eigenvalue weighted by atomic mass is 10.0. The van der Waals surface area contributed by atoms with Crippen LogP contribution in [-0.2, 0) is 4.74 Å². The van der Waals surface area contributed by atoms with E-state index in [1.54, 1.807) is 11.1 Å². The van der Waals surface area contributed by atoms with Gasteiger partial charge in [0.15, 0.2) is 0 Å². The summed E-state index contributed by atoms with van der Waals surface area (Å²) in [5.74, 6) is 0.238. The number of nitrogens with two attached hydrogens (primary N) is 1. The number of rotatable bonds is 3. The third kappa shape index (κ3) is 4.74. The molecule has 0 saturated carbocycles. The first-order chi connectivity index (χ1) is 13.3. The SMILES string of the molecule is CC1C=NNC1=CC(=CN)c1cnn(C2CCN(C(=O)OC(C)(C)C)CC2)c1. The molecule has 1 atom stereocenters. The van der Waals surface area contributed by atoms with Gasteiger partial charge in [-0.25, -0.2) is 4.79 Å². The average molecular weight is 387 g/mol. The Labute approximate surface area is 166 Å². The van der Waals surface area contributed by atoms with Gasteiger partial charge < -0.3 is 15.4 Å². The summed E-state index contributed by atoms with van der Waals surface area (Å²) in [5, 5.41) is 8.61. The monoisotopic (exact) mass is 386 g/mol. The number of likely N-dealkylation sites (tertiary alicyclic amines) is 1. The number of ether oxygens (including phenoxy) is 1. The molecule has 2 aliphatic rings. The quantitative estimate of drug-likeness (QED) is 0.832. The second-order valence-electron chi connectivity index (χ2n) is 8.31. The van der Waals surface area contributed by atoms with Crippen LogP contribution in [-0.4, -0.2) is 45.7 Å². The molecule has 1 amide bonds. The lowest BCUT2D eigenvalue weighted by molar-refractivity contribution is 0.0185. The third-order valence-electron chi connectivity index (χ3n) is 4.90. The van der Waals surface area contributed by atoms with Gasteiger partial charge in [0.25, 0.3) is 0 Å². The van der Waals surface area contributed by atoms with E-state index in [1.807, 2.05) is 50.1 Å². The molecule has 2 aliphatic heterocycles. The normalized spacial score (nSPS) is 22.6. The second kappa shape index (κ2) is 8.08. The molecule has 0 radical (unpaired) electrons. The van der Waals surface area contributed by atoms with Crippen LogP contribution >= 0.6 is 0 Å². The number of piperidine rings is 1. The highest BCUT2D eigenvalue weighted by Gasteiger charge is 2.28. The van der Waals surface area contributed by atoms with Gasteiger partial charge in [-0.15, -0.1) is 0 Å². The molecule has 152 valence electrons. The van der Waals surface area contributed by atoms with Crippen molar-refractivity contribution in [1.29, 1.82) is 0 Å². The first-order valence-corrected chi connectivity index (χ1v) is 9.72. The topological polar surface area (TPSA) is 97.8 Å². The molecule has 1 aromatic rings. The molecule has 0 bridgehead atoms. The highest BCUT2D eigenvalue weighted by Crippen LogP contribution is 2.26. The van der Waals surface area contributed by atoms with Gasteiger partial charge in [0.2, 0.25) is 0 Å². The molecule has 28 heavy (non-hydrogen) atoms. The summed E-state index contributed by atoms with van der Waals surface area (Å²) in [4.78, 5) is 14.0. The minimum Gasteiger partial charge on any atom is -0.444 e. The summed E-state index contributed by atoms with van der Waals surface area (Å²) in [6, 6.07) is 0.256. The van der Waals surface area contributed by atoms with Crippen LogP contribution in [0.25, 0.3) is 5.57 Å². The number of hydrazone groups is 1. The maximum atomic E-state index is 12.2. The number of nitrogens with one attached hydrogen (secondary N) is 1. The summed E-state index contributed by atoms with van der Waals surface area (Å²) in [7, 11) is 0. The Morgan fingerprint density at radius 3 is 2.64 bits per heavy atom. The Kier molecular flexibility index (Phi) is 5.76. The van der Waals surface area contributed by atoms with Crippen LogP contribution in [0.3, 0.4) is 0 Å². The second-order valence-corrected chi connectivity index (χ2v) is 8.31. The van der Waals surface area contributed by atoms with E-state index in [9.17, 15) is 4.79 Å². The van der Waals surface area contributed by atoms with Crippen molar-refractivity contribution >= 4 is 17.9 Å². The predicted molar refractivity (Wildman–Crippen MR) is 109 cm³/mol. The maximum absolute atomic E-state index is 12.2. The van der Waals surface area contributed by atoms with E-state index in [1.165, 1.54) is 0 Å². The van der Waals surface area contributed by atoms with E-state index in [0.29, 0.717) is 13.1 Å². The first-order valence-electron chi connectivity index (χ1n) is 9.72. The standard InChI is InChI=1S/C20H30N6O2/c1-14-11-22-24-18(14)9-15(10-21)16-12-23-26(13-16)17-5-7-25(8-6-17)19(27)28-20(2,3)4/h9-14,17,24H,5-8,21H2,1-4H3. The number of allylic oxidation sites excluding steroid dienone is 3. The zero-order valence-electron chi connectivity index (χ0n) is 17.1. The lowest BCUT2D eigenvalue weighted by Crippen LogP contribution is -2.42. The highest BCUT2D eigenvalue weighted by atomic mass is 16.6. The van der Waals surface area contributed by atoms with Gasteiger partial charge in [0.1, 0.15) is 5.60 Å². The fourth-order valence-electron chi connectivity index (χ4n) is 3.29. The number of nitrogens with zero attached hydrogens (tertiary/aromatic N) is 4. The van der Waals surface area contributed by atoms with Gasteiger partial charge in [-0.1, -0.05) is 6.92 Å². The van der Waals surface area contributed by atoms with Gasteiger partial charge in [-0.05, 0) is 39.7 Å². The molecule has 3 heterocycles. The van der Waals surface area contributed by atoms with E-state index in [0.717, 1.165) is 29.7 Å². The molecule has 1 fully saturated rings. The van der Waals surface area contributed by atoms with E-state index in [2.05, 4.69) is 22.5 Å². The Morgan fingerprint density at radius 2 is 2.07 bits per heavy atom. The van der Waals surface area contributed by atoms with Gasteiger partial charge in [-0.2, -0.15) is 10.2 Å². The van der Waals surface area contributed by atoms with Crippen LogP contribution in [0.1, 0.15) is 52.1 Å². The number of carbonyl (C=O) groups excluding carboxylic acids is 1. The summed E-state index contributed by atoms with van der Waals surface area (Å²) in [6.07, 6.45) is 10.7. The third-order valence-corrected chi connectivity index (χ3v) is 4.90. The zero-order chi connectivity index (χ0) is 20.3. The van der Waals surface area contributed by atoms with Crippen LogP contribution in [0, 0.1) is 5.92 Å². The number of amides is 1. The molecule has 1 aromatic heterocycles. The number of carbonyl (C=O) groups is 1. The van der Waals surface area contributed by atoms with Gasteiger partial charge >= 0.3 is 6.09 Å². The molecular weight excluding hydrogens is 356 g/mol. The summed E-state index contributed by atoms with van der Waals surface area (Å²) < 4.78 is 7.44. The Morgan fingerprint density at radius 1 is 1.36 bits per heavy atom. The van der Waals surface area contributed by atoms with Crippen LogP contribution in [0.4, 0.5) is 4.79 Å². The number of hydrogen-bond acceptors (Lipinski definition) is 6. The van der Waals surface area contributed by atoms with Crippen LogP contribution < -0.4 is 11.2 Å². The zero-order valence-corrected chi connectivity index (χ0v) is 17.1. The van der Waals surface area contributed by atoms with Crippen molar-refractivity contribution in [2.24, 2.45) is 16.8 Å². The molecule has 8 nitrogen and oxygen atoms in total. The van der Waals surface area contributed by atoms with Gasteiger partial charge in [0.05, 0.1) is 12.2 Å². The van der Waals surface area contributed by atoms with Gasteiger partial charge in [-0.3, -0.25) is 10.1 Å². The highest BCUT2D eigenvalue weighted by molar-refractivity contribution is 5.76. The summed E-state index contributed by atoms with van der Waals surface area (Å²) >= 11 is 0. The fraction of sp³-hybridized carbons (Fsp3) is 0.550. The van der Waals surface area contributed by atoms with E-state index >= 15 is 0 Å². The fourth-order valence-corrected chi connectivity index (χ4v) is 3.29. The molecule has 3 N–H and O–H groups in total. The van der Waals surface area contributed by atoms with Crippen LogP contribution in [0.5, 0.6) is 0 Å². The Hall–Kier alpha value is -2.77. The number of hydrogen-bond donors (Lipinski definition) is 2. The molecule has 0 aliphatic carbocycles. The first kappa shape index (κ1) is 20.0. The number of aromatic nitrogens is 2. The Bertz CT molecular complexity index is 794. The minimum absolute atomic E-state index is 0.238. The molecule has 0 spiro atoms. The van der Waals surface area contributed by atoms with E-state index in [4.69, 9.17) is 10.5 Å². The van der Waals surface area contributed by atoms with Crippen molar-refractivity contribution in [3.63, 3.8) is 0 Å². The molecule has 0 aromatic carbocycles.